The highest BCUT2D eigenvalue weighted by Crippen LogP contribution is 2.20. The topological polar surface area (TPSA) is 66.9 Å². The van der Waals surface area contributed by atoms with Crippen LogP contribution in [0.25, 0.3) is 11.3 Å². The van der Waals surface area contributed by atoms with Crippen molar-refractivity contribution >= 4 is 11.6 Å². The predicted octanol–water partition coefficient (Wildman–Crippen LogP) is 4.96. The zero-order valence-electron chi connectivity index (χ0n) is 18.0. The van der Waals surface area contributed by atoms with Gasteiger partial charge in [-0.15, -0.1) is 0 Å². The van der Waals surface area contributed by atoms with Crippen molar-refractivity contribution in [2.75, 3.05) is 11.9 Å². The highest BCUT2D eigenvalue weighted by atomic mass is 16.2. The second kappa shape index (κ2) is 10.5. The van der Waals surface area contributed by atoms with E-state index in [2.05, 4.69) is 52.0 Å². The lowest BCUT2D eigenvalue weighted by molar-refractivity contribution is -0.118. The van der Waals surface area contributed by atoms with Gasteiger partial charge in [-0.25, -0.2) is 0 Å². The fraction of sp³-hybridized carbons (Fsp3) is 0.148. The highest BCUT2D eigenvalue weighted by Gasteiger charge is 2.20. The number of hydrogen-bond acceptors (Lipinski definition) is 4. The van der Waals surface area contributed by atoms with Gasteiger partial charge < -0.3 is 10.6 Å². The number of benzene rings is 3. The van der Waals surface area contributed by atoms with Crippen molar-refractivity contribution in [3.05, 3.63) is 114 Å². The Morgan fingerprint density at radius 3 is 2.31 bits per heavy atom. The number of rotatable bonds is 8. The van der Waals surface area contributed by atoms with Crippen LogP contribution in [0.1, 0.15) is 22.7 Å². The van der Waals surface area contributed by atoms with Crippen LogP contribution in [0.2, 0.25) is 0 Å². The van der Waals surface area contributed by atoms with Gasteiger partial charge in [0.15, 0.2) is 0 Å². The summed E-state index contributed by atoms with van der Waals surface area (Å²) in [5.74, 6) is -0.0904. The molecule has 1 aromatic heterocycles. The van der Waals surface area contributed by atoms with Gasteiger partial charge in [-0.3, -0.25) is 4.79 Å². The minimum atomic E-state index is -0.443. The molecule has 0 bridgehead atoms. The number of anilines is 1. The predicted molar refractivity (Wildman–Crippen MR) is 128 cm³/mol. The lowest BCUT2D eigenvalue weighted by Crippen LogP contribution is -2.34. The molecule has 0 fully saturated rings. The molecular formula is C27H26N4O. The Labute approximate surface area is 188 Å². The molecule has 1 atom stereocenters. The van der Waals surface area contributed by atoms with Crippen LogP contribution in [0.5, 0.6) is 0 Å². The largest absolute Gasteiger partial charge is 0.324 e. The van der Waals surface area contributed by atoms with Crippen LogP contribution in [-0.4, -0.2) is 22.6 Å². The fourth-order valence-corrected chi connectivity index (χ4v) is 3.52. The lowest BCUT2D eigenvalue weighted by Gasteiger charge is -2.19. The van der Waals surface area contributed by atoms with Gasteiger partial charge in [0.2, 0.25) is 5.91 Å². The van der Waals surface area contributed by atoms with Gasteiger partial charge in [-0.05, 0) is 48.7 Å². The van der Waals surface area contributed by atoms with Crippen molar-refractivity contribution in [3.63, 3.8) is 0 Å². The molecule has 4 aromatic rings. The first-order valence-corrected chi connectivity index (χ1v) is 10.7. The van der Waals surface area contributed by atoms with E-state index in [0.717, 1.165) is 28.9 Å². The monoisotopic (exact) mass is 422 g/mol. The standard InChI is InChI=1S/C27H26N4O/c1-20-9-11-21(12-10-20)17-19-28-26(23-6-3-2-4-7-23)27(32)30-24-15-13-22(14-16-24)25-8-5-18-29-31-25/h2-16,18,26,28H,17,19H2,1H3,(H,30,32)/t26-/m0/s1. The first kappa shape index (κ1) is 21.4. The van der Waals surface area contributed by atoms with Crippen molar-refractivity contribution in [2.24, 2.45) is 0 Å². The van der Waals surface area contributed by atoms with Crippen LogP contribution in [-0.2, 0) is 11.2 Å². The molecule has 2 N–H and O–H groups in total. The lowest BCUT2D eigenvalue weighted by atomic mass is 10.0. The summed E-state index contributed by atoms with van der Waals surface area (Å²) in [6.07, 6.45) is 2.50. The molecule has 0 aliphatic rings. The van der Waals surface area contributed by atoms with Gasteiger partial charge in [0.05, 0.1) is 5.69 Å². The summed E-state index contributed by atoms with van der Waals surface area (Å²) in [5, 5.41) is 14.5. The van der Waals surface area contributed by atoms with Gasteiger partial charge in [-0.1, -0.05) is 72.3 Å². The van der Waals surface area contributed by atoms with Crippen molar-refractivity contribution in [1.82, 2.24) is 15.5 Å². The normalized spacial score (nSPS) is 11.7. The summed E-state index contributed by atoms with van der Waals surface area (Å²) in [7, 11) is 0. The Morgan fingerprint density at radius 1 is 0.875 bits per heavy atom. The molecule has 1 heterocycles. The number of hydrogen-bond donors (Lipinski definition) is 2. The van der Waals surface area contributed by atoms with Crippen LogP contribution >= 0.6 is 0 Å². The second-order valence-corrected chi connectivity index (χ2v) is 7.71. The smallest absolute Gasteiger partial charge is 0.246 e. The summed E-state index contributed by atoms with van der Waals surface area (Å²) in [5.41, 5.74) is 5.91. The maximum Gasteiger partial charge on any atom is 0.246 e. The Kier molecular flexibility index (Phi) is 7.00. The maximum absolute atomic E-state index is 13.2. The van der Waals surface area contributed by atoms with Crippen molar-refractivity contribution in [3.8, 4) is 11.3 Å². The van der Waals surface area contributed by atoms with E-state index >= 15 is 0 Å². The molecule has 160 valence electrons. The molecule has 0 saturated carbocycles. The average molecular weight is 423 g/mol. The van der Waals surface area contributed by atoms with Crippen LogP contribution in [0.15, 0.2) is 97.2 Å². The van der Waals surface area contributed by atoms with E-state index in [-0.39, 0.29) is 5.91 Å². The number of nitrogens with one attached hydrogen (secondary N) is 2. The molecule has 1 amide bonds. The fourth-order valence-electron chi connectivity index (χ4n) is 3.52. The summed E-state index contributed by atoms with van der Waals surface area (Å²) < 4.78 is 0. The summed E-state index contributed by atoms with van der Waals surface area (Å²) >= 11 is 0. The Morgan fingerprint density at radius 2 is 1.62 bits per heavy atom. The molecule has 4 rings (SSSR count). The van der Waals surface area contributed by atoms with Gasteiger partial charge >= 0.3 is 0 Å². The Hall–Kier alpha value is -3.83. The number of aryl methyl sites for hydroxylation is 1. The molecule has 0 unspecified atom stereocenters. The molecule has 32 heavy (non-hydrogen) atoms. The number of amides is 1. The number of aromatic nitrogens is 2. The molecular weight excluding hydrogens is 396 g/mol. The summed E-state index contributed by atoms with van der Waals surface area (Å²) in [6.45, 7) is 2.78. The Bertz CT molecular complexity index is 1130. The van der Waals surface area contributed by atoms with E-state index in [4.69, 9.17) is 0 Å². The first-order chi connectivity index (χ1) is 15.7. The van der Waals surface area contributed by atoms with E-state index < -0.39 is 6.04 Å². The Balaban J connectivity index is 1.43. The third-order valence-electron chi connectivity index (χ3n) is 5.30. The number of carbonyl (C=O) groups excluding carboxylic acids is 1. The molecule has 5 nitrogen and oxygen atoms in total. The first-order valence-electron chi connectivity index (χ1n) is 10.7. The van der Waals surface area contributed by atoms with Crippen molar-refractivity contribution in [2.45, 2.75) is 19.4 Å². The zero-order chi connectivity index (χ0) is 22.2. The van der Waals surface area contributed by atoms with Gasteiger partial charge in [-0.2, -0.15) is 10.2 Å². The van der Waals surface area contributed by atoms with Crippen LogP contribution in [0.3, 0.4) is 0 Å². The van der Waals surface area contributed by atoms with E-state index in [1.165, 1.54) is 11.1 Å². The maximum atomic E-state index is 13.2. The summed E-state index contributed by atoms with van der Waals surface area (Å²) in [4.78, 5) is 13.2. The minimum Gasteiger partial charge on any atom is -0.324 e. The minimum absolute atomic E-state index is 0.0904. The van der Waals surface area contributed by atoms with E-state index in [0.29, 0.717) is 6.54 Å². The van der Waals surface area contributed by atoms with E-state index in [9.17, 15) is 4.79 Å². The quantitative estimate of drug-likeness (QED) is 0.421. The molecule has 5 heteroatoms. The summed E-state index contributed by atoms with van der Waals surface area (Å²) in [6, 6.07) is 29.2. The highest BCUT2D eigenvalue weighted by molar-refractivity contribution is 5.95. The van der Waals surface area contributed by atoms with Gasteiger partial charge in [0.25, 0.3) is 0 Å². The van der Waals surface area contributed by atoms with E-state index in [1.54, 1.807) is 6.20 Å². The molecule has 0 aliphatic heterocycles. The number of nitrogens with zero attached hydrogens (tertiary/aromatic N) is 2. The number of carbonyl (C=O) groups is 1. The van der Waals surface area contributed by atoms with Crippen LogP contribution in [0, 0.1) is 6.92 Å². The SMILES string of the molecule is Cc1ccc(CCN[C@H](C(=O)Nc2ccc(-c3cccnn3)cc2)c2ccccc2)cc1. The molecule has 0 aliphatic carbocycles. The molecule has 3 aromatic carbocycles. The molecule has 0 saturated heterocycles. The average Bonchev–Trinajstić information content (AvgIpc) is 2.84. The van der Waals surface area contributed by atoms with Crippen LogP contribution in [0.4, 0.5) is 5.69 Å². The third kappa shape index (κ3) is 5.65. The van der Waals surface area contributed by atoms with Gasteiger partial charge in [0.1, 0.15) is 6.04 Å². The van der Waals surface area contributed by atoms with Crippen LogP contribution < -0.4 is 10.6 Å². The molecule has 0 spiro atoms. The van der Waals surface area contributed by atoms with Crippen molar-refractivity contribution < 1.29 is 4.79 Å². The third-order valence-corrected chi connectivity index (χ3v) is 5.30. The van der Waals surface area contributed by atoms with Gasteiger partial charge in [0, 0.05) is 24.0 Å². The zero-order valence-corrected chi connectivity index (χ0v) is 18.0. The van der Waals surface area contributed by atoms with Crippen molar-refractivity contribution in [1.29, 1.82) is 0 Å². The van der Waals surface area contributed by atoms with E-state index in [1.807, 2.05) is 66.7 Å². The molecule has 0 radical (unpaired) electrons. The second-order valence-electron chi connectivity index (χ2n) is 7.71.